The van der Waals surface area contributed by atoms with Crippen molar-refractivity contribution in [2.75, 3.05) is 11.9 Å². The van der Waals surface area contributed by atoms with Crippen LogP contribution >= 0.6 is 0 Å². The van der Waals surface area contributed by atoms with Crippen LogP contribution in [-0.2, 0) is 6.42 Å². The summed E-state index contributed by atoms with van der Waals surface area (Å²) < 4.78 is 0. The Morgan fingerprint density at radius 2 is 2.19 bits per heavy atom. The maximum absolute atomic E-state index is 10.8. The van der Waals surface area contributed by atoms with Gasteiger partial charge in [-0.2, -0.15) is 0 Å². The summed E-state index contributed by atoms with van der Waals surface area (Å²) in [5.41, 5.74) is 0.0471. The van der Waals surface area contributed by atoms with Gasteiger partial charge in [0.2, 0.25) is 0 Å². The number of carboxylic acid groups (broad SMARTS) is 1. The number of nitrogens with zero attached hydrogens (tertiary/aromatic N) is 2. The monoisotopic (exact) mass is 223 g/mol. The van der Waals surface area contributed by atoms with Gasteiger partial charge in [-0.15, -0.1) is 0 Å². The van der Waals surface area contributed by atoms with Gasteiger partial charge >= 0.3 is 5.97 Å². The predicted octanol–water partition coefficient (Wildman–Crippen LogP) is 1.95. The van der Waals surface area contributed by atoms with Crippen molar-refractivity contribution in [3.63, 3.8) is 0 Å². The van der Waals surface area contributed by atoms with Gasteiger partial charge in [-0.3, -0.25) is 0 Å². The molecule has 1 aromatic rings. The largest absolute Gasteiger partial charge is 0.477 e. The van der Waals surface area contributed by atoms with E-state index in [0.29, 0.717) is 18.1 Å². The van der Waals surface area contributed by atoms with Crippen LogP contribution in [-0.4, -0.2) is 27.6 Å². The second-order valence-corrected chi connectivity index (χ2v) is 3.49. The number of nitrogens with one attached hydrogen (secondary N) is 1. The van der Waals surface area contributed by atoms with Crippen molar-refractivity contribution < 1.29 is 9.90 Å². The Hall–Kier alpha value is -1.65. The minimum absolute atomic E-state index is 0.0471. The van der Waals surface area contributed by atoms with Crippen LogP contribution in [0.15, 0.2) is 6.07 Å². The van der Waals surface area contributed by atoms with E-state index >= 15 is 0 Å². The van der Waals surface area contributed by atoms with Gasteiger partial charge in [0, 0.05) is 19.0 Å². The van der Waals surface area contributed by atoms with E-state index in [0.717, 1.165) is 19.4 Å². The first-order valence-electron chi connectivity index (χ1n) is 5.52. The number of carboxylic acids is 1. The lowest BCUT2D eigenvalue weighted by molar-refractivity contribution is 0.0690. The molecule has 5 nitrogen and oxygen atoms in total. The van der Waals surface area contributed by atoms with Crippen LogP contribution in [0.25, 0.3) is 0 Å². The number of carbonyl (C=O) groups is 1. The fourth-order valence-corrected chi connectivity index (χ4v) is 1.25. The Balaban J connectivity index is 2.82. The number of aromatic nitrogens is 2. The highest BCUT2D eigenvalue weighted by molar-refractivity contribution is 5.86. The molecule has 0 amide bonds. The Morgan fingerprint density at radius 1 is 1.44 bits per heavy atom. The van der Waals surface area contributed by atoms with Gasteiger partial charge in [0.05, 0.1) is 0 Å². The van der Waals surface area contributed by atoms with Crippen LogP contribution in [0.1, 0.15) is 43.0 Å². The smallest absolute Gasteiger partial charge is 0.354 e. The fraction of sp³-hybridized carbons (Fsp3) is 0.545. The zero-order valence-electron chi connectivity index (χ0n) is 9.66. The third kappa shape index (κ3) is 3.49. The van der Waals surface area contributed by atoms with Crippen molar-refractivity contribution in [1.82, 2.24) is 9.97 Å². The van der Waals surface area contributed by atoms with Crippen LogP contribution in [0, 0.1) is 0 Å². The quantitative estimate of drug-likeness (QED) is 0.721. The summed E-state index contributed by atoms with van der Waals surface area (Å²) in [6.07, 6.45) is 2.75. The summed E-state index contributed by atoms with van der Waals surface area (Å²) in [5, 5.41) is 12.0. The van der Waals surface area contributed by atoms with Gasteiger partial charge in [0.15, 0.2) is 5.69 Å². The summed E-state index contributed by atoms with van der Waals surface area (Å²) in [5.74, 6) is 0.132. The van der Waals surface area contributed by atoms with Gasteiger partial charge in [-0.1, -0.05) is 20.3 Å². The molecular formula is C11H17N3O2. The molecule has 0 spiro atoms. The van der Waals surface area contributed by atoms with E-state index in [-0.39, 0.29) is 5.69 Å². The van der Waals surface area contributed by atoms with Crippen molar-refractivity contribution in [2.45, 2.75) is 33.1 Å². The van der Waals surface area contributed by atoms with Crippen LogP contribution in [0.3, 0.4) is 0 Å². The van der Waals surface area contributed by atoms with Crippen LogP contribution in [0.4, 0.5) is 5.82 Å². The lowest BCUT2D eigenvalue weighted by atomic mass is 10.3. The van der Waals surface area contributed by atoms with Crippen LogP contribution in [0.5, 0.6) is 0 Å². The second-order valence-electron chi connectivity index (χ2n) is 3.49. The normalized spacial score (nSPS) is 10.1. The molecule has 0 aliphatic heterocycles. The number of hydrogen-bond acceptors (Lipinski definition) is 4. The Labute approximate surface area is 94.9 Å². The molecule has 0 fully saturated rings. The van der Waals surface area contributed by atoms with E-state index in [4.69, 9.17) is 5.11 Å². The van der Waals surface area contributed by atoms with E-state index in [2.05, 4.69) is 22.2 Å². The molecule has 0 saturated heterocycles. The fourth-order valence-electron chi connectivity index (χ4n) is 1.25. The van der Waals surface area contributed by atoms with E-state index in [1.165, 1.54) is 6.07 Å². The predicted molar refractivity (Wildman–Crippen MR) is 61.8 cm³/mol. The minimum Gasteiger partial charge on any atom is -0.477 e. The summed E-state index contributed by atoms with van der Waals surface area (Å²) in [4.78, 5) is 19.0. The number of aromatic carboxylic acids is 1. The lowest BCUT2D eigenvalue weighted by Crippen LogP contribution is -2.10. The van der Waals surface area contributed by atoms with Crippen LogP contribution in [0.2, 0.25) is 0 Å². The van der Waals surface area contributed by atoms with E-state index in [9.17, 15) is 4.79 Å². The van der Waals surface area contributed by atoms with Gasteiger partial charge in [-0.25, -0.2) is 14.8 Å². The average Bonchev–Trinajstić information content (AvgIpc) is 2.29. The van der Waals surface area contributed by atoms with E-state index in [1.54, 1.807) is 0 Å². The molecule has 2 N–H and O–H groups in total. The zero-order chi connectivity index (χ0) is 12.0. The highest BCUT2D eigenvalue weighted by Crippen LogP contribution is 2.08. The highest BCUT2D eigenvalue weighted by Gasteiger charge is 2.08. The van der Waals surface area contributed by atoms with Crippen molar-refractivity contribution in [1.29, 1.82) is 0 Å². The Bertz CT molecular complexity index is 366. The standard InChI is InChI=1S/C11H17N3O2/c1-3-5-6-12-10-7-8(11(15)16)13-9(4-2)14-10/h7H,3-6H2,1-2H3,(H,15,16)(H,12,13,14). The minimum atomic E-state index is -1.02. The lowest BCUT2D eigenvalue weighted by Gasteiger charge is -2.06. The second kappa shape index (κ2) is 6.05. The summed E-state index contributed by atoms with van der Waals surface area (Å²) in [7, 11) is 0. The number of hydrogen-bond donors (Lipinski definition) is 2. The number of aryl methyl sites for hydroxylation is 1. The third-order valence-corrected chi connectivity index (χ3v) is 2.14. The molecule has 5 heteroatoms. The van der Waals surface area contributed by atoms with Gasteiger partial charge in [-0.05, 0) is 6.42 Å². The van der Waals surface area contributed by atoms with Gasteiger partial charge in [0.25, 0.3) is 0 Å². The third-order valence-electron chi connectivity index (χ3n) is 2.14. The zero-order valence-corrected chi connectivity index (χ0v) is 9.66. The maximum atomic E-state index is 10.8. The van der Waals surface area contributed by atoms with Gasteiger partial charge < -0.3 is 10.4 Å². The molecule has 1 rings (SSSR count). The molecule has 1 heterocycles. The molecule has 0 aliphatic carbocycles. The molecule has 0 radical (unpaired) electrons. The van der Waals surface area contributed by atoms with E-state index in [1.807, 2.05) is 6.92 Å². The maximum Gasteiger partial charge on any atom is 0.354 e. The molecule has 88 valence electrons. The highest BCUT2D eigenvalue weighted by atomic mass is 16.4. The van der Waals surface area contributed by atoms with Crippen molar-refractivity contribution in [2.24, 2.45) is 0 Å². The molecule has 0 aliphatic rings. The van der Waals surface area contributed by atoms with Crippen molar-refractivity contribution >= 4 is 11.8 Å². The number of rotatable bonds is 6. The van der Waals surface area contributed by atoms with Crippen molar-refractivity contribution in [3.05, 3.63) is 17.6 Å². The molecule has 0 aromatic carbocycles. The molecule has 1 aromatic heterocycles. The van der Waals surface area contributed by atoms with Crippen molar-refractivity contribution in [3.8, 4) is 0 Å². The number of unbranched alkanes of at least 4 members (excludes halogenated alkanes) is 1. The molecular weight excluding hydrogens is 206 g/mol. The number of anilines is 1. The van der Waals surface area contributed by atoms with E-state index < -0.39 is 5.97 Å². The summed E-state index contributed by atoms with van der Waals surface area (Å²) in [6, 6.07) is 1.47. The molecule has 0 atom stereocenters. The molecule has 0 saturated carbocycles. The molecule has 0 unspecified atom stereocenters. The molecule has 16 heavy (non-hydrogen) atoms. The summed E-state index contributed by atoms with van der Waals surface area (Å²) in [6.45, 7) is 4.80. The first-order valence-corrected chi connectivity index (χ1v) is 5.52. The Kier molecular flexibility index (Phi) is 4.69. The van der Waals surface area contributed by atoms with Crippen LogP contribution < -0.4 is 5.32 Å². The first kappa shape index (κ1) is 12.4. The first-order chi connectivity index (χ1) is 7.67. The average molecular weight is 223 g/mol. The SMILES string of the molecule is CCCCNc1cc(C(=O)O)nc(CC)n1. The topological polar surface area (TPSA) is 75.1 Å². The summed E-state index contributed by atoms with van der Waals surface area (Å²) >= 11 is 0. The Morgan fingerprint density at radius 3 is 2.75 bits per heavy atom. The molecule has 0 bridgehead atoms. The van der Waals surface area contributed by atoms with Gasteiger partial charge in [0.1, 0.15) is 11.6 Å².